The molecule has 0 bridgehead atoms. The minimum absolute atomic E-state index is 0. The Hall–Kier alpha value is -7.67. The molecule has 2 radical (unpaired) electrons. The second-order valence-electron chi connectivity index (χ2n) is 17.8. The van der Waals surface area contributed by atoms with Gasteiger partial charge in [0.25, 0.3) is 0 Å². The fraction of sp³-hybridized carbons (Fsp3) is 0.0847. The van der Waals surface area contributed by atoms with Crippen LogP contribution in [0.25, 0.3) is 49.7 Å². The zero-order valence-corrected chi connectivity index (χ0v) is 41.0. The second-order valence-corrected chi connectivity index (χ2v) is 17.8. The number of aromatic nitrogens is 3. The maximum Gasteiger partial charge on any atom is 0.213 e. The van der Waals surface area contributed by atoms with E-state index < -0.39 is 6.98 Å². The van der Waals surface area contributed by atoms with Crippen LogP contribution < -0.4 is 25.2 Å². The first kappa shape index (κ1) is 42.4. The van der Waals surface area contributed by atoms with Crippen LogP contribution in [-0.2, 0) is 33.5 Å². The molecule has 8 aromatic rings. The smallest absolute Gasteiger partial charge is 0.213 e. The molecule has 0 amide bonds. The molecule has 2 N–H and O–H groups in total. The van der Waals surface area contributed by atoms with Crippen molar-refractivity contribution >= 4 is 81.1 Å². The zero-order chi connectivity index (χ0) is 49.4. The quantitative estimate of drug-likeness (QED) is 0.122. The number of imidazole rings is 1. The normalized spacial score (nSPS) is 19.7. The number of rotatable bonds is 7. The number of allylic oxidation sites excluding steroid dienone is 8. The third-order valence-electron chi connectivity index (χ3n) is 12.3. The Kier molecular flexibility index (Phi) is 12.0. The molecule has 0 saturated carbocycles. The summed E-state index contributed by atoms with van der Waals surface area (Å²) in [4.78, 5) is 9.34. The minimum atomic E-state index is -2.51. The largest absolute Gasteiger partial charge is 0.509 e. The summed E-state index contributed by atoms with van der Waals surface area (Å²) in [6.45, 7) is 6.40. The topological polar surface area (TPSA) is 62.5 Å². The standard InChI is InChI=1S/C59H48B2N7O.Pt/c1-59(2,3)41-36-47(49-21-16-34-62-32-13-11-30-60-49)57(48(37-41)50-22-17-35-63-33-14-12-31-61-50)67-40-66(54-26-9-10-27-55(54)67)42-18-15-19-43(38-42)69-44-28-29-46-45-20-5-7-24-52(45)68(56(46)39-44)58-64-51-23-6-8-25-53(51)65(58)4;/h5-37,40,62-63H,1-4H3;/q-3;/b30-11-,31-12-,32-13-,33-14-,34-16-,35-17-,49-21-,50-22-;/i4D3;. The van der Waals surface area contributed by atoms with Gasteiger partial charge in [-0.2, -0.15) is 12.1 Å². The van der Waals surface area contributed by atoms with Gasteiger partial charge < -0.3 is 34.3 Å². The fourth-order valence-corrected chi connectivity index (χ4v) is 8.97. The Balaban J connectivity index is 0.00000611. The zero-order valence-electron chi connectivity index (χ0n) is 41.7. The summed E-state index contributed by atoms with van der Waals surface area (Å²) < 4.78 is 35.6. The van der Waals surface area contributed by atoms with E-state index >= 15 is 0 Å². The summed E-state index contributed by atoms with van der Waals surface area (Å²) in [6, 6.07) is 45.1. The van der Waals surface area contributed by atoms with Gasteiger partial charge in [-0.25, -0.2) is 4.98 Å². The van der Waals surface area contributed by atoms with Crippen molar-refractivity contribution in [2.24, 2.45) is 6.98 Å². The van der Waals surface area contributed by atoms with Crippen LogP contribution in [0.15, 0.2) is 201 Å². The van der Waals surface area contributed by atoms with Crippen LogP contribution in [0.4, 0.5) is 22.7 Å². The predicted molar refractivity (Wildman–Crippen MR) is 288 cm³/mol. The number of anilines is 4. The summed E-state index contributed by atoms with van der Waals surface area (Å²) in [5, 5.41) is 8.30. The monoisotopic (exact) mass is 1090 g/mol. The Morgan fingerprint density at radius 3 is 1.97 bits per heavy atom. The first-order valence-corrected chi connectivity index (χ1v) is 23.0. The average Bonchev–Trinajstić information content (AvgIpc) is 4.06. The van der Waals surface area contributed by atoms with E-state index in [0.29, 0.717) is 28.0 Å². The number of para-hydroxylation sites is 5. The van der Waals surface area contributed by atoms with Crippen molar-refractivity contribution < 1.29 is 29.9 Å². The first-order chi connectivity index (χ1) is 35.0. The van der Waals surface area contributed by atoms with Gasteiger partial charge in [0, 0.05) is 91.0 Å². The van der Waals surface area contributed by atoms with Gasteiger partial charge >= 0.3 is 0 Å². The molecule has 11 heteroatoms. The van der Waals surface area contributed by atoms with Gasteiger partial charge in [0.05, 0.1) is 11.0 Å². The molecule has 11 rings (SSSR count). The Morgan fingerprint density at radius 1 is 0.643 bits per heavy atom. The Labute approximate surface area is 430 Å². The van der Waals surface area contributed by atoms with E-state index in [1.807, 2.05) is 139 Å². The third kappa shape index (κ3) is 8.92. The maximum absolute atomic E-state index is 8.59. The first-order valence-electron chi connectivity index (χ1n) is 24.5. The molecule has 2 aromatic heterocycles. The molecular weight excluding hydrogens is 1040 g/mol. The van der Waals surface area contributed by atoms with E-state index in [2.05, 4.69) is 135 Å². The molecule has 3 aliphatic rings. The number of ether oxygens (including phenoxy) is 1. The molecule has 0 fully saturated rings. The summed E-state index contributed by atoms with van der Waals surface area (Å²) in [6.07, 6.45) is 24.1. The summed E-state index contributed by atoms with van der Waals surface area (Å²) in [7, 11) is 4.34. The molecule has 0 saturated heterocycles. The molecule has 344 valence electrons. The van der Waals surface area contributed by atoms with Gasteiger partial charge in [0.2, 0.25) is 5.95 Å². The van der Waals surface area contributed by atoms with Crippen LogP contribution in [0, 0.1) is 18.8 Å². The van der Waals surface area contributed by atoms with E-state index in [1.54, 1.807) is 6.07 Å². The minimum Gasteiger partial charge on any atom is -0.509 e. The molecule has 6 aromatic carbocycles. The number of hydrogen-bond donors (Lipinski definition) is 2. The van der Waals surface area contributed by atoms with Crippen molar-refractivity contribution in [2.75, 3.05) is 9.80 Å². The number of nitrogens with one attached hydrogen (secondary N) is 2. The second kappa shape index (κ2) is 19.7. The van der Waals surface area contributed by atoms with Crippen molar-refractivity contribution in [2.45, 2.75) is 26.2 Å². The van der Waals surface area contributed by atoms with Crippen LogP contribution in [0.5, 0.6) is 11.5 Å². The van der Waals surface area contributed by atoms with E-state index in [-0.39, 0.29) is 32.4 Å². The molecule has 0 unspecified atom stereocenters. The maximum atomic E-state index is 8.59. The van der Waals surface area contributed by atoms with Crippen molar-refractivity contribution in [3.63, 3.8) is 0 Å². The van der Waals surface area contributed by atoms with Crippen LogP contribution in [-0.4, -0.2) is 28.7 Å². The number of aryl methyl sites for hydroxylation is 1. The SMILES string of the molecule is [2H]C([2H])([2H])n1c(-n2c3[c-]c(Oc4[c-]c(N5[CH-]N(c6c(/C7=C/C=C\N/C=C\C=C/[B]7)cc(C(C)(C)C)cc6/C6=C/C=C\N/C=C\C=C/[B]6)c6ccccc65)ccc4)ccc3c3ccccc32)nc2ccccc21.[Pt]. The van der Waals surface area contributed by atoms with Crippen molar-refractivity contribution in [3.05, 3.63) is 236 Å². The van der Waals surface area contributed by atoms with E-state index in [1.165, 1.54) is 10.1 Å². The number of nitrogens with zero attached hydrogens (tertiary/aromatic N) is 5. The van der Waals surface area contributed by atoms with Gasteiger partial charge in [0.15, 0.2) is 14.6 Å². The molecule has 0 aliphatic carbocycles. The van der Waals surface area contributed by atoms with Gasteiger partial charge in [-0.15, -0.1) is 60.0 Å². The van der Waals surface area contributed by atoms with E-state index in [4.69, 9.17) is 13.8 Å². The summed E-state index contributed by atoms with van der Waals surface area (Å²) >= 11 is 0. The van der Waals surface area contributed by atoms with Crippen LogP contribution >= 0.6 is 0 Å². The Morgan fingerprint density at radius 2 is 1.27 bits per heavy atom. The van der Waals surface area contributed by atoms with Crippen LogP contribution in [0.3, 0.4) is 0 Å². The number of fused-ring (bicyclic) bond motifs is 5. The summed E-state index contributed by atoms with van der Waals surface area (Å²) in [5.74, 6) is 5.33. The molecule has 70 heavy (non-hydrogen) atoms. The van der Waals surface area contributed by atoms with Gasteiger partial charge in [-0.3, -0.25) is 0 Å². The Bertz CT molecular complexity index is 3590. The van der Waals surface area contributed by atoms with Crippen molar-refractivity contribution in [1.82, 2.24) is 24.8 Å². The molecule has 0 spiro atoms. The third-order valence-corrected chi connectivity index (χ3v) is 12.3. The average molecular weight is 1090 g/mol. The van der Waals surface area contributed by atoms with E-state index in [0.717, 1.165) is 61.1 Å². The van der Waals surface area contributed by atoms with Crippen LogP contribution in [0.2, 0.25) is 0 Å². The molecule has 0 atom stereocenters. The predicted octanol–water partition coefficient (Wildman–Crippen LogP) is 13.1. The molecule has 5 heterocycles. The number of benzene rings is 6. The van der Waals surface area contributed by atoms with Crippen molar-refractivity contribution in [1.29, 1.82) is 0 Å². The molecular formula is C59H48B2N7OPt-3. The van der Waals surface area contributed by atoms with Gasteiger partial charge in [-0.05, 0) is 94.3 Å². The van der Waals surface area contributed by atoms with Gasteiger partial charge in [0.1, 0.15) is 0 Å². The van der Waals surface area contributed by atoms with Gasteiger partial charge in [-0.1, -0.05) is 104 Å². The number of hydrogen-bond acceptors (Lipinski definition) is 6. The molecule has 8 nitrogen and oxygen atoms in total. The molecule has 3 aliphatic heterocycles. The van der Waals surface area contributed by atoms with Crippen molar-refractivity contribution in [3.8, 4) is 17.4 Å². The van der Waals surface area contributed by atoms with E-state index in [9.17, 15) is 0 Å². The van der Waals surface area contributed by atoms with Crippen LogP contribution in [0.1, 0.15) is 41.6 Å². The fourth-order valence-electron chi connectivity index (χ4n) is 8.97. The summed E-state index contributed by atoms with van der Waals surface area (Å²) in [5.41, 5.74) is 11.5.